The number of nitrogens with two attached hydrogens (primary N) is 1. The van der Waals surface area contributed by atoms with E-state index in [1.807, 2.05) is 0 Å². The molecule has 1 rings (SSSR count). The molecule has 6 heteroatoms. The van der Waals surface area contributed by atoms with Crippen LogP contribution in [0, 0.1) is 0 Å². The van der Waals surface area contributed by atoms with Gasteiger partial charge in [-0.15, -0.1) is 0 Å². The van der Waals surface area contributed by atoms with E-state index in [2.05, 4.69) is 17.5 Å². The summed E-state index contributed by atoms with van der Waals surface area (Å²) in [5.74, 6) is 0.623. The molecular formula is C5H11N2O2S2+. The third-order valence-electron chi connectivity index (χ3n) is 1.59. The van der Waals surface area contributed by atoms with Crippen molar-refractivity contribution >= 4 is 27.5 Å². The first kappa shape index (κ1) is 8.89. The summed E-state index contributed by atoms with van der Waals surface area (Å²) in [6.07, 6.45) is 0.673. The number of nitrogens with one attached hydrogen (secondary N) is 1. The van der Waals surface area contributed by atoms with Crippen molar-refractivity contribution in [2.75, 3.05) is 11.5 Å². The van der Waals surface area contributed by atoms with Crippen LogP contribution in [0.25, 0.3) is 0 Å². The zero-order chi connectivity index (χ0) is 8.48. The molecule has 1 unspecified atom stereocenters. The maximum Gasteiger partial charge on any atom is 0.216 e. The summed E-state index contributed by atoms with van der Waals surface area (Å²) in [7, 11) is -2.57. The molecule has 0 amide bonds. The van der Waals surface area contributed by atoms with Crippen LogP contribution in [0.1, 0.15) is 6.42 Å². The molecule has 1 heterocycles. The van der Waals surface area contributed by atoms with Crippen LogP contribution in [-0.4, -0.2) is 27.2 Å². The zero-order valence-electron chi connectivity index (χ0n) is 5.95. The quantitative estimate of drug-likeness (QED) is 0.391. The molecule has 2 atom stereocenters. The van der Waals surface area contributed by atoms with Gasteiger partial charge in [-0.2, -0.15) is 4.55 Å². The fourth-order valence-electron chi connectivity index (χ4n) is 1.12. The average molecular weight is 195 g/mol. The molecule has 4 nitrogen and oxygen atoms in total. The highest BCUT2D eigenvalue weighted by Crippen LogP contribution is 2.15. The number of hydrogen-bond donors (Lipinski definition) is 3. The van der Waals surface area contributed by atoms with Gasteiger partial charge in [0.1, 0.15) is 5.75 Å². The first-order valence-electron chi connectivity index (χ1n) is 3.27. The summed E-state index contributed by atoms with van der Waals surface area (Å²) in [5.41, 5.74) is 5.21. The Bertz CT molecular complexity index is 219. The number of hydrogen-bond acceptors (Lipinski definition) is 2. The minimum Gasteiger partial charge on any atom is -0.376 e. The normalized spacial score (nSPS) is 37.0. The van der Waals surface area contributed by atoms with Gasteiger partial charge in [-0.1, -0.05) is 4.21 Å². The van der Waals surface area contributed by atoms with Crippen molar-refractivity contribution in [3.05, 3.63) is 0 Å². The monoisotopic (exact) mass is 195 g/mol. The highest BCUT2D eigenvalue weighted by atomic mass is 32.3. The van der Waals surface area contributed by atoms with E-state index in [1.165, 1.54) is 0 Å². The van der Waals surface area contributed by atoms with Gasteiger partial charge in [0.15, 0.2) is 10.9 Å². The molecule has 4 N–H and O–H groups in total. The molecular weight excluding hydrogens is 184 g/mol. The van der Waals surface area contributed by atoms with Gasteiger partial charge in [0.05, 0.1) is 6.04 Å². The highest BCUT2D eigenvalue weighted by Gasteiger charge is 2.38. The SMILES string of the molecule is NC(=S)N[C@@H]1CC[S+](=O)(O)C1. The van der Waals surface area contributed by atoms with Crippen molar-refractivity contribution in [1.29, 1.82) is 0 Å². The molecule has 0 bridgehead atoms. The van der Waals surface area contributed by atoms with Crippen molar-refractivity contribution in [3.8, 4) is 0 Å². The van der Waals surface area contributed by atoms with Gasteiger partial charge in [0.2, 0.25) is 10.2 Å². The Kier molecular flexibility index (Phi) is 2.46. The Labute approximate surface area is 71.8 Å². The van der Waals surface area contributed by atoms with E-state index in [9.17, 15) is 4.21 Å². The standard InChI is InChI=1S/C5H10N2O2S2/c6-5(10)7-4-1-2-11(8,9)3-4/h4H,1-3H2,(H3-,6,7,8,9,10)/p+1/t4-/m1/s1. The Morgan fingerprint density at radius 1 is 1.82 bits per heavy atom. The van der Waals surface area contributed by atoms with E-state index >= 15 is 0 Å². The van der Waals surface area contributed by atoms with Crippen LogP contribution < -0.4 is 11.1 Å². The molecule has 0 aliphatic carbocycles. The van der Waals surface area contributed by atoms with E-state index in [0.717, 1.165) is 0 Å². The maximum absolute atomic E-state index is 11.0. The molecule has 1 aliphatic heterocycles. The Morgan fingerprint density at radius 2 is 2.45 bits per heavy atom. The van der Waals surface area contributed by atoms with Crippen molar-refractivity contribution in [2.45, 2.75) is 12.5 Å². The summed E-state index contributed by atoms with van der Waals surface area (Å²) in [6, 6.07) is -0.00926. The second-order valence-electron chi connectivity index (χ2n) is 2.64. The van der Waals surface area contributed by atoms with Gasteiger partial charge in [-0.25, -0.2) is 0 Å². The molecule has 0 saturated carbocycles. The highest BCUT2D eigenvalue weighted by molar-refractivity contribution is 7.98. The topological polar surface area (TPSA) is 75.3 Å². The average Bonchev–Trinajstić information content (AvgIpc) is 2.08. The van der Waals surface area contributed by atoms with Crippen molar-refractivity contribution in [3.63, 3.8) is 0 Å². The molecule has 1 saturated heterocycles. The van der Waals surface area contributed by atoms with Gasteiger partial charge < -0.3 is 11.1 Å². The van der Waals surface area contributed by atoms with Crippen molar-refractivity contribution in [1.82, 2.24) is 5.32 Å². The Hall–Kier alpha value is -0.200. The largest absolute Gasteiger partial charge is 0.376 e. The summed E-state index contributed by atoms with van der Waals surface area (Å²) < 4.78 is 20.1. The molecule has 0 aromatic heterocycles. The van der Waals surface area contributed by atoms with Gasteiger partial charge in [-0.3, -0.25) is 0 Å². The van der Waals surface area contributed by atoms with Crippen LogP contribution >= 0.6 is 12.2 Å². The van der Waals surface area contributed by atoms with Crippen LogP contribution in [-0.2, 0) is 14.4 Å². The molecule has 1 fully saturated rings. The fourth-order valence-corrected chi connectivity index (χ4v) is 2.99. The fraction of sp³-hybridized carbons (Fsp3) is 0.800. The van der Waals surface area contributed by atoms with Gasteiger partial charge in [0, 0.05) is 6.42 Å². The Morgan fingerprint density at radius 3 is 2.82 bits per heavy atom. The van der Waals surface area contributed by atoms with Crippen LogP contribution in [0.2, 0.25) is 0 Å². The van der Waals surface area contributed by atoms with Crippen LogP contribution in [0.3, 0.4) is 0 Å². The van der Waals surface area contributed by atoms with Crippen LogP contribution in [0.15, 0.2) is 0 Å². The molecule has 1 aliphatic rings. The first-order chi connectivity index (χ1) is 4.99. The predicted molar refractivity (Wildman–Crippen MR) is 48.7 cm³/mol. The van der Waals surface area contributed by atoms with Crippen LogP contribution in [0.5, 0.6) is 0 Å². The summed E-state index contributed by atoms with van der Waals surface area (Å²) in [6.45, 7) is 0. The van der Waals surface area contributed by atoms with E-state index < -0.39 is 10.2 Å². The van der Waals surface area contributed by atoms with E-state index in [4.69, 9.17) is 10.3 Å². The second-order valence-corrected chi connectivity index (χ2v) is 5.36. The lowest BCUT2D eigenvalue weighted by atomic mass is 10.3. The molecule has 0 radical (unpaired) electrons. The van der Waals surface area contributed by atoms with Gasteiger partial charge in [-0.05, 0) is 12.2 Å². The number of thiocarbonyl (C=S) groups is 1. The van der Waals surface area contributed by atoms with Gasteiger partial charge in [0.25, 0.3) is 0 Å². The zero-order valence-corrected chi connectivity index (χ0v) is 7.58. The molecule has 64 valence electrons. The molecule has 0 aromatic rings. The lowest BCUT2D eigenvalue weighted by molar-refractivity contribution is 0.502. The third-order valence-corrected chi connectivity index (χ3v) is 3.51. The molecule has 0 aromatic carbocycles. The second kappa shape index (κ2) is 3.04. The van der Waals surface area contributed by atoms with E-state index in [0.29, 0.717) is 12.2 Å². The van der Waals surface area contributed by atoms with E-state index in [1.54, 1.807) is 0 Å². The molecule has 11 heavy (non-hydrogen) atoms. The first-order valence-corrected chi connectivity index (χ1v) is 5.54. The summed E-state index contributed by atoms with van der Waals surface area (Å²) in [4.78, 5) is 0. The van der Waals surface area contributed by atoms with E-state index in [-0.39, 0.29) is 16.9 Å². The minimum atomic E-state index is -2.57. The number of rotatable bonds is 1. The summed E-state index contributed by atoms with van der Waals surface area (Å²) in [5, 5.41) is 2.97. The lowest BCUT2D eigenvalue weighted by Gasteiger charge is -2.06. The predicted octanol–water partition coefficient (Wildman–Crippen LogP) is -0.436. The van der Waals surface area contributed by atoms with Crippen LogP contribution in [0.4, 0.5) is 0 Å². The smallest absolute Gasteiger partial charge is 0.216 e. The lowest BCUT2D eigenvalue weighted by Crippen LogP contribution is -2.39. The minimum absolute atomic E-state index is 0.00926. The van der Waals surface area contributed by atoms with Crippen molar-refractivity contribution < 1.29 is 8.76 Å². The van der Waals surface area contributed by atoms with Gasteiger partial charge >= 0.3 is 0 Å². The molecule has 0 spiro atoms. The maximum atomic E-state index is 11.0. The van der Waals surface area contributed by atoms with Crippen molar-refractivity contribution in [2.24, 2.45) is 5.73 Å². The Balaban J connectivity index is 2.43. The summed E-state index contributed by atoms with van der Waals surface area (Å²) >= 11 is 4.60. The third kappa shape index (κ3) is 2.72.